The molecule has 0 atom stereocenters. The fraction of sp³-hybridized carbons (Fsp3) is 1.00. The van der Waals surface area contributed by atoms with Gasteiger partial charge < -0.3 is 5.73 Å². The summed E-state index contributed by atoms with van der Waals surface area (Å²) in [6.07, 6.45) is 5.96. The molecule has 2 saturated carbocycles. The van der Waals surface area contributed by atoms with E-state index in [2.05, 4.69) is 0 Å². The topological polar surface area (TPSA) is 26.0 Å². The molecule has 0 spiro atoms. The van der Waals surface area contributed by atoms with Gasteiger partial charge in [-0.25, -0.2) is 8.78 Å². The molecule has 82 valence electrons. The minimum absolute atomic E-state index is 0.0925. The van der Waals surface area contributed by atoms with Gasteiger partial charge in [-0.1, -0.05) is 0 Å². The molecule has 14 heavy (non-hydrogen) atoms. The van der Waals surface area contributed by atoms with Gasteiger partial charge in [-0.15, -0.1) is 0 Å². The lowest BCUT2D eigenvalue weighted by molar-refractivity contribution is -0.0468. The Morgan fingerprint density at radius 3 is 2.14 bits per heavy atom. The van der Waals surface area contributed by atoms with E-state index in [9.17, 15) is 8.78 Å². The first-order valence-corrected chi connectivity index (χ1v) is 5.66. The van der Waals surface area contributed by atoms with Crippen LogP contribution in [0.25, 0.3) is 0 Å². The van der Waals surface area contributed by atoms with Gasteiger partial charge in [-0.2, -0.15) is 0 Å². The van der Waals surface area contributed by atoms with Crippen molar-refractivity contribution in [2.24, 2.45) is 11.7 Å². The van der Waals surface area contributed by atoms with Crippen molar-refractivity contribution in [2.45, 2.75) is 62.8 Å². The van der Waals surface area contributed by atoms with Crippen molar-refractivity contribution < 1.29 is 8.78 Å². The highest BCUT2D eigenvalue weighted by Gasteiger charge is 2.39. The predicted octanol–water partition coefficient (Wildman–Crippen LogP) is 3.08. The van der Waals surface area contributed by atoms with Gasteiger partial charge in [0.15, 0.2) is 0 Å². The Morgan fingerprint density at radius 1 is 1.07 bits per heavy atom. The van der Waals surface area contributed by atoms with Crippen molar-refractivity contribution in [3.05, 3.63) is 0 Å². The molecule has 2 N–H and O–H groups in total. The van der Waals surface area contributed by atoms with Crippen molar-refractivity contribution in [1.82, 2.24) is 0 Å². The van der Waals surface area contributed by atoms with Crippen LogP contribution in [0.1, 0.15) is 51.4 Å². The Labute approximate surface area is 84.0 Å². The zero-order chi connectivity index (χ0) is 10.2. The number of rotatable bonds is 3. The smallest absolute Gasteiger partial charge is 0.248 e. The van der Waals surface area contributed by atoms with E-state index < -0.39 is 5.92 Å². The van der Waals surface area contributed by atoms with Crippen LogP contribution in [0.15, 0.2) is 0 Å². The average molecular weight is 203 g/mol. The van der Waals surface area contributed by atoms with E-state index >= 15 is 0 Å². The van der Waals surface area contributed by atoms with Gasteiger partial charge in [0.2, 0.25) is 5.92 Å². The SMILES string of the molecule is NC1(CCC2CCC(F)(F)CC2)CC1. The second-order valence-electron chi connectivity index (χ2n) is 5.20. The fourth-order valence-electron chi connectivity index (χ4n) is 2.29. The molecule has 0 aliphatic heterocycles. The van der Waals surface area contributed by atoms with Gasteiger partial charge in [0, 0.05) is 18.4 Å². The van der Waals surface area contributed by atoms with E-state index in [4.69, 9.17) is 5.73 Å². The summed E-state index contributed by atoms with van der Waals surface area (Å²) in [6.45, 7) is 0. The van der Waals surface area contributed by atoms with Gasteiger partial charge in [-0.05, 0) is 44.4 Å². The highest BCUT2D eigenvalue weighted by Crippen LogP contribution is 2.42. The summed E-state index contributed by atoms with van der Waals surface area (Å²) in [5.74, 6) is -1.87. The van der Waals surface area contributed by atoms with Gasteiger partial charge in [0.25, 0.3) is 0 Å². The largest absolute Gasteiger partial charge is 0.325 e. The first-order valence-electron chi connectivity index (χ1n) is 5.66. The minimum Gasteiger partial charge on any atom is -0.325 e. The third kappa shape index (κ3) is 2.66. The van der Waals surface area contributed by atoms with Crippen LogP contribution in [0, 0.1) is 5.92 Å². The van der Waals surface area contributed by atoms with Gasteiger partial charge in [0.1, 0.15) is 0 Å². The molecule has 0 aromatic heterocycles. The number of hydrogen-bond donors (Lipinski definition) is 1. The van der Waals surface area contributed by atoms with Crippen molar-refractivity contribution >= 4 is 0 Å². The lowest BCUT2D eigenvalue weighted by Crippen LogP contribution is -2.27. The van der Waals surface area contributed by atoms with Crippen LogP contribution in [-0.2, 0) is 0 Å². The molecule has 0 bridgehead atoms. The summed E-state index contributed by atoms with van der Waals surface area (Å²) in [4.78, 5) is 0. The van der Waals surface area contributed by atoms with E-state index in [0.717, 1.165) is 25.7 Å². The monoisotopic (exact) mass is 203 g/mol. The molecular weight excluding hydrogens is 184 g/mol. The van der Waals surface area contributed by atoms with E-state index in [1.165, 1.54) is 0 Å². The summed E-state index contributed by atoms with van der Waals surface area (Å²) in [6, 6.07) is 0. The summed E-state index contributed by atoms with van der Waals surface area (Å²) >= 11 is 0. The molecule has 1 nitrogen and oxygen atoms in total. The standard InChI is InChI=1S/C11H19F2N/c12-11(13)5-2-9(3-6-11)1-4-10(14)7-8-10/h9H,1-8,14H2. The second kappa shape index (κ2) is 3.44. The van der Waals surface area contributed by atoms with Crippen LogP contribution in [0.2, 0.25) is 0 Å². The maximum atomic E-state index is 12.8. The van der Waals surface area contributed by atoms with Crippen LogP contribution >= 0.6 is 0 Å². The number of alkyl halides is 2. The Hall–Kier alpha value is -0.180. The molecule has 2 aliphatic carbocycles. The highest BCUT2D eigenvalue weighted by atomic mass is 19.3. The molecule has 2 rings (SSSR count). The quantitative estimate of drug-likeness (QED) is 0.749. The summed E-state index contributed by atoms with van der Waals surface area (Å²) in [5.41, 5.74) is 6.07. The molecule has 2 aliphatic rings. The van der Waals surface area contributed by atoms with Crippen LogP contribution in [-0.4, -0.2) is 11.5 Å². The van der Waals surface area contributed by atoms with Crippen molar-refractivity contribution in [3.8, 4) is 0 Å². The zero-order valence-electron chi connectivity index (χ0n) is 8.57. The zero-order valence-corrected chi connectivity index (χ0v) is 8.57. The number of nitrogens with two attached hydrogens (primary N) is 1. The van der Waals surface area contributed by atoms with Gasteiger partial charge in [-0.3, -0.25) is 0 Å². The first kappa shape index (κ1) is 10.3. The van der Waals surface area contributed by atoms with Crippen molar-refractivity contribution in [3.63, 3.8) is 0 Å². The molecule has 0 radical (unpaired) electrons. The lowest BCUT2D eigenvalue weighted by atomic mass is 9.83. The first-order chi connectivity index (χ1) is 6.49. The fourth-order valence-corrected chi connectivity index (χ4v) is 2.29. The Morgan fingerprint density at radius 2 is 1.64 bits per heavy atom. The van der Waals surface area contributed by atoms with Crippen LogP contribution in [0.5, 0.6) is 0 Å². The normalized spacial score (nSPS) is 30.2. The third-order valence-electron chi connectivity index (χ3n) is 3.78. The summed E-state index contributed by atoms with van der Waals surface area (Å²) in [7, 11) is 0. The second-order valence-corrected chi connectivity index (χ2v) is 5.20. The molecule has 0 aromatic carbocycles. The third-order valence-corrected chi connectivity index (χ3v) is 3.78. The Kier molecular flexibility index (Phi) is 2.54. The molecular formula is C11H19F2N. The predicted molar refractivity (Wildman–Crippen MR) is 52.3 cm³/mol. The minimum atomic E-state index is -2.38. The van der Waals surface area contributed by atoms with Gasteiger partial charge in [0.05, 0.1) is 0 Å². The number of hydrogen-bond acceptors (Lipinski definition) is 1. The lowest BCUT2D eigenvalue weighted by Gasteiger charge is -2.28. The molecule has 0 aromatic rings. The van der Waals surface area contributed by atoms with E-state index in [1.807, 2.05) is 0 Å². The van der Waals surface area contributed by atoms with E-state index in [-0.39, 0.29) is 18.4 Å². The van der Waals surface area contributed by atoms with Crippen LogP contribution in [0.4, 0.5) is 8.78 Å². The Balaban J connectivity index is 1.68. The molecule has 0 unspecified atom stereocenters. The summed E-state index contributed by atoms with van der Waals surface area (Å²) in [5, 5.41) is 0. The van der Waals surface area contributed by atoms with Crippen LogP contribution in [0.3, 0.4) is 0 Å². The maximum absolute atomic E-state index is 12.8. The Bertz CT molecular complexity index is 201. The highest BCUT2D eigenvalue weighted by molar-refractivity contribution is 4.98. The molecule has 0 heterocycles. The van der Waals surface area contributed by atoms with Gasteiger partial charge >= 0.3 is 0 Å². The van der Waals surface area contributed by atoms with Crippen molar-refractivity contribution in [2.75, 3.05) is 0 Å². The molecule has 2 fully saturated rings. The van der Waals surface area contributed by atoms with Crippen molar-refractivity contribution in [1.29, 1.82) is 0 Å². The van der Waals surface area contributed by atoms with E-state index in [0.29, 0.717) is 18.8 Å². The molecule has 3 heteroatoms. The molecule has 0 saturated heterocycles. The molecule has 0 amide bonds. The summed E-state index contributed by atoms with van der Waals surface area (Å²) < 4.78 is 25.7. The van der Waals surface area contributed by atoms with Crippen LogP contribution < -0.4 is 5.73 Å². The average Bonchev–Trinajstić information content (AvgIpc) is 2.83. The van der Waals surface area contributed by atoms with E-state index in [1.54, 1.807) is 0 Å². The number of halogens is 2. The maximum Gasteiger partial charge on any atom is 0.248 e.